The minimum atomic E-state index is -4.59. The fraction of sp³-hybridized carbons (Fsp3) is 0.360. The highest BCUT2D eigenvalue weighted by Crippen LogP contribution is 2.35. The molecule has 0 unspecified atom stereocenters. The van der Waals surface area contributed by atoms with Gasteiger partial charge in [0.15, 0.2) is 0 Å². The molecule has 0 aliphatic heterocycles. The van der Waals surface area contributed by atoms with Gasteiger partial charge in [-0.1, -0.05) is 0 Å². The van der Waals surface area contributed by atoms with Crippen molar-refractivity contribution >= 4 is 28.4 Å². The molecule has 1 amide bonds. The zero-order chi connectivity index (χ0) is 25.3. The Morgan fingerprint density at radius 2 is 1.76 bits per heavy atom. The maximum atomic E-state index is 13.6. The van der Waals surface area contributed by atoms with Crippen molar-refractivity contribution in [3.8, 4) is 5.75 Å². The number of hydrogen-bond acceptors (Lipinski definition) is 5. The van der Waals surface area contributed by atoms with Crippen molar-refractivity contribution in [2.24, 2.45) is 0 Å². The van der Waals surface area contributed by atoms with Gasteiger partial charge in [-0.2, -0.15) is 13.2 Å². The Balaban J connectivity index is 1.96. The number of halogens is 3. The van der Waals surface area contributed by atoms with Crippen LogP contribution in [0, 0.1) is 6.92 Å². The summed E-state index contributed by atoms with van der Waals surface area (Å²) >= 11 is 0. The second kappa shape index (κ2) is 9.40. The molecule has 0 aliphatic rings. The van der Waals surface area contributed by atoms with Gasteiger partial charge in [0, 0.05) is 34.6 Å². The molecule has 3 rings (SSSR count). The van der Waals surface area contributed by atoms with Gasteiger partial charge in [0.05, 0.1) is 18.2 Å². The summed E-state index contributed by atoms with van der Waals surface area (Å²) in [7, 11) is 1.56. The summed E-state index contributed by atoms with van der Waals surface area (Å²) in [6.07, 6.45) is -5.42. The zero-order valence-electron chi connectivity index (χ0n) is 19.9. The van der Waals surface area contributed by atoms with Crippen molar-refractivity contribution in [1.82, 2.24) is 4.98 Å². The fourth-order valence-electron chi connectivity index (χ4n) is 3.46. The molecule has 0 saturated carbocycles. The molecule has 182 valence electrons. The molecule has 0 fully saturated rings. The smallest absolute Gasteiger partial charge is 0.416 e. The van der Waals surface area contributed by atoms with E-state index in [2.05, 4.69) is 15.6 Å². The van der Waals surface area contributed by atoms with Crippen molar-refractivity contribution < 1.29 is 27.4 Å². The number of ether oxygens (including phenoxy) is 2. The van der Waals surface area contributed by atoms with Gasteiger partial charge in [-0.3, -0.25) is 10.3 Å². The van der Waals surface area contributed by atoms with Crippen molar-refractivity contribution in [2.45, 2.75) is 52.4 Å². The molecule has 1 atom stereocenters. The Kier molecular flexibility index (Phi) is 6.95. The van der Waals surface area contributed by atoms with Crippen LogP contribution in [-0.2, 0) is 10.9 Å². The van der Waals surface area contributed by atoms with E-state index in [1.165, 1.54) is 6.07 Å². The summed E-state index contributed by atoms with van der Waals surface area (Å²) in [5.74, 6) is 0.653. The minimum absolute atomic E-state index is 0.00627. The number of amides is 1. The van der Waals surface area contributed by atoms with Gasteiger partial charge < -0.3 is 14.8 Å². The van der Waals surface area contributed by atoms with Crippen LogP contribution in [-0.4, -0.2) is 23.8 Å². The molecule has 1 heterocycles. The lowest BCUT2D eigenvalue weighted by Crippen LogP contribution is -2.27. The molecule has 0 saturated heterocycles. The van der Waals surface area contributed by atoms with Crippen LogP contribution < -0.4 is 15.4 Å². The van der Waals surface area contributed by atoms with Crippen LogP contribution in [0.1, 0.15) is 50.6 Å². The van der Waals surface area contributed by atoms with E-state index in [4.69, 9.17) is 9.47 Å². The average molecular weight is 476 g/mol. The van der Waals surface area contributed by atoms with Crippen molar-refractivity contribution in [3.05, 3.63) is 59.3 Å². The number of pyridine rings is 1. The first-order valence-electron chi connectivity index (χ1n) is 10.7. The minimum Gasteiger partial charge on any atom is -0.497 e. The third-order valence-corrected chi connectivity index (χ3v) is 4.95. The van der Waals surface area contributed by atoms with E-state index in [1.54, 1.807) is 46.9 Å². The van der Waals surface area contributed by atoms with E-state index < -0.39 is 29.5 Å². The molecular weight excluding hydrogens is 447 g/mol. The second-order valence-electron chi connectivity index (χ2n) is 9.03. The van der Waals surface area contributed by atoms with E-state index in [1.807, 2.05) is 19.1 Å². The first kappa shape index (κ1) is 25.1. The van der Waals surface area contributed by atoms with E-state index in [0.717, 1.165) is 28.9 Å². The van der Waals surface area contributed by atoms with Crippen LogP contribution in [0.3, 0.4) is 0 Å². The molecule has 0 aliphatic carbocycles. The predicted molar refractivity (Wildman–Crippen MR) is 126 cm³/mol. The Hall–Kier alpha value is -3.49. The monoisotopic (exact) mass is 475 g/mol. The quantitative estimate of drug-likeness (QED) is 0.412. The van der Waals surface area contributed by atoms with Crippen molar-refractivity contribution in [1.29, 1.82) is 0 Å². The lowest BCUT2D eigenvalue weighted by atomic mass is 10.0. The number of hydrogen-bond donors (Lipinski definition) is 2. The summed E-state index contributed by atoms with van der Waals surface area (Å²) in [5.41, 5.74) is 0.844. The van der Waals surface area contributed by atoms with Crippen LogP contribution in [0.2, 0.25) is 0 Å². The zero-order valence-corrected chi connectivity index (χ0v) is 19.9. The number of nitrogens with zero attached hydrogens (tertiary/aromatic N) is 1. The summed E-state index contributed by atoms with van der Waals surface area (Å²) in [6.45, 7) is 8.60. The molecule has 1 aromatic heterocycles. The summed E-state index contributed by atoms with van der Waals surface area (Å²) in [6, 6.07) is 10.2. The molecule has 3 aromatic rings. The molecule has 0 bridgehead atoms. The predicted octanol–water partition coefficient (Wildman–Crippen LogP) is 7.09. The number of nitrogens with one attached hydrogen (secondary N) is 2. The van der Waals surface area contributed by atoms with E-state index in [9.17, 15) is 18.0 Å². The SMILES string of the molecule is COc1ccc2c(N[C@H](C)c3cc(NC(=O)OC(C)(C)C)cc(C(F)(F)F)c3)cc(C)nc2c1. The first-order valence-corrected chi connectivity index (χ1v) is 10.7. The normalized spacial score (nSPS) is 12.9. The highest BCUT2D eigenvalue weighted by Gasteiger charge is 2.32. The Morgan fingerprint density at radius 1 is 1.06 bits per heavy atom. The topological polar surface area (TPSA) is 72.5 Å². The molecule has 2 N–H and O–H groups in total. The number of aryl methyl sites for hydroxylation is 1. The lowest BCUT2D eigenvalue weighted by Gasteiger charge is -2.22. The molecule has 6 nitrogen and oxygen atoms in total. The maximum absolute atomic E-state index is 13.6. The van der Waals surface area contributed by atoms with Crippen LogP contribution in [0.25, 0.3) is 10.9 Å². The van der Waals surface area contributed by atoms with Gasteiger partial charge in [0.1, 0.15) is 11.4 Å². The van der Waals surface area contributed by atoms with Gasteiger partial charge in [-0.25, -0.2) is 4.79 Å². The fourth-order valence-corrected chi connectivity index (χ4v) is 3.46. The summed E-state index contributed by atoms with van der Waals surface area (Å²) < 4.78 is 51.2. The molecular formula is C25H28F3N3O3. The van der Waals surface area contributed by atoms with Crippen molar-refractivity contribution in [3.63, 3.8) is 0 Å². The molecule has 0 radical (unpaired) electrons. The van der Waals surface area contributed by atoms with Crippen LogP contribution >= 0.6 is 0 Å². The number of benzene rings is 2. The van der Waals surface area contributed by atoms with E-state index >= 15 is 0 Å². The number of aromatic nitrogens is 1. The van der Waals surface area contributed by atoms with Gasteiger partial charge in [-0.15, -0.1) is 0 Å². The molecule has 34 heavy (non-hydrogen) atoms. The standard InChI is InChI=1S/C25H28F3N3O3/c1-14-9-21(20-8-7-19(33-6)13-22(20)29-14)30-15(2)16-10-17(25(26,27)28)12-18(11-16)31-23(32)34-24(3,4)5/h7-13,15H,1-6H3,(H,29,30)(H,31,32)/t15-/m1/s1. The number of carbonyl (C=O) groups excluding carboxylic acids is 1. The van der Waals surface area contributed by atoms with E-state index in [-0.39, 0.29) is 5.69 Å². The summed E-state index contributed by atoms with van der Waals surface area (Å²) in [4.78, 5) is 16.7. The van der Waals surface area contributed by atoms with Crippen LogP contribution in [0.15, 0.2) is 42.5 Å². The van der Waals surface area contributed by atoms with Gasteiger partial charge in [0.2, 0.25) is 0 Å². The maximum Gasteiger partial charge on any atom is 0.416 e. The first-order chi connectivity index (χ1) is 15.7. The Morgan fingerprint density at radius 3 is 2.38 bits per heavy atom. The number of alkyl halides is 3. The molecule has 9 heteroatoms. The largest absolute Gasteiger partial charge is 0.497 e. The number of methoxy groups -OCH3 is 1. The highest BCUT2D eigenvalue weighted by atomic mass is 19.4. The van der Waals surface area contributed by atoms with Gasteiger partial charge in [-0.05, 0) is 76.6 Å². The van der Waals surface area contributed by atoms with Gasteiger partial charge in [0.25, 0.3) is 0 Å². The highest BCUT2D eigenvalue weighted by molar-refractivity contribution is 5.92. The Bertz CT molecular complexity index is 1200. The molecule has 0 spiro atoms. The number of fused-ring (bicyclic) bond motifs is 1. The average Bonchev–Trinajstić information content (AvgIpc) is 2.70. The van der Waals surface area contributed by atoms with E-state index in [0.29, 0.717) is 16.8 Å². The number of rotatable bonds is 5. The molecule has 2 aromatic carbocycles. The summed E-state index contributed by atoms with van der Waals surface area (Å²) in [5, 5.41) is 6.50. The third kappa shape index (κ3) is 6.30. The second-order valence-corrected chi connectivity index (χ2v) is 9.03. The Labute approximate surface area is 196 Å². The third-order valence-electron chi connectivity index (χ3n) is 4.95. The number of anilines is 2. The lowest BCUT2D eigenvalue weighted by molar-refractivity contribution is -0.137. The van der Waals surface area contributed by atoms with Crippen molar-refractivity contribution in [2.75, 3.05) is 17.7 Å². The number of carbonyl (C=O) groups is 1. The van der Waals surface area contributed by atoms with Crippen LogP contribution in [0.5, 0.6) is 5.75 Å². The van der Waals surface area contributed by atoms with Crippen LogP contribution in [0.4, 0.5) is 29.3 Å². The van der Waals surface area contributed by atoms with Gasteiger partial charge >= 0.3 is 12.3 Å².